The molecule has 2 unspecified atom stereocenters. The van der Waals surface area contributed by atoms with Gasteiger partial charge >= 0.3 is 0 Å². The van der Waals surface area contributed by atoms with E-state index in [0.29, 0.717) is 13.0 Å². The van der Waals surface area contributed by atoms with Gasteiger partial charge in [-0.1, -0.05) is 0 Å². The van der Waals surface area contributed by atoms with E-state index in [9.17, 15) is 9.59 Å². The van der Waals surface area contributed by atoms with Crippen LogP contribution in [0.1, 0.15) is 13.3 Å². The Morgan fingerprint density at radius 2 is 2.46 bits per heavy atom. The van der Waals surface area contributed by atoms with Crippen LogP contribution in [-0.4, -0.2) is 37.6 Å². The molecule has 74 valence electrons. The summed E-state index contributed by atoms with van der Waals surface area (Å²) in [7, 11) is 1.47. The monoisotopic (exact) mass is 186 g/mol. The van der Waals surface area contributed by atoms with Gasteiger partial charge in [-0.05, 0) is 6.92 Å². The third kappa shape index (κ3) is 2.69. The van der Waals surface area contributed by atoms with Gasteiger partial charge in [-0.2, -0.15) is 0 Å². The number of ether oxygens (including phenoxy) is 1. The van der Waals surface area contributed by atoms with E-state index in [2.05, 4.69) is 10.6 Å². The van der Waals surface area contributed by atoms with Crippen LogP contribution >= 0.6 is 0 Å². The molecule has 0 aromatic heterocycles. The predicted octanol–water partition coefficient (Wildman–Crippen LogP) is -0.974. The van der Waals surface area contributed by atoms with Gasteiger partial charge in [0.25, 0.3) is 0 Å². The van der Waals surface area contributed by atoms with E-state index in [1.807, 2.05) is 0 Å². The molecule has 2 amide bonds. The highest BCUT2D eigenvalue weighted by atomic mass is 16.5. The summed E-state index contributed by atoms with van der Waals surface area (Å²) in [4.78, 5) is 22.0. The lowest BCUT2D eigenvalue weighted by Crippen LogP contribution is -2.41. The van der Waals surface area contributed by atoms with Crippen LogP contribution in [0, 0.1) is 0 Å². The number of hydrogen-bond acceptors (Lipinski definition) is 3. The summed E-state index contributed by atoms with van der Waals surface area (Å²) in [6, 6.07) is -0.0856. The zero-order chi connectivity index (χ0) is 9.84. The lowest BCUT2D eigenvalue weighted by atomic mass is 10.2. The van der Waals surface area contributed by atoms with Crippen molar-refractivity contribution in [2.75, 3.05) is 13.7 Å². The second-order valence-electron chi connectivity index (χ2n) is 3.09. The summed E-state index contributed by atoms with van der Waals surface area (Å²) in [6.07, 6.45) is -0.0990. The number of amides is 2. The van der Waals surface area contributed by atoms with Crippen LogP contribution in [0.3, 0.4) is 0 Å². The van der Waals surface area contributed by atoms with Gasteiger partial charge in [0.05, 0.1) is 6.04 Å². The van der Waals surface area contributed by atoms with Crippen LogP contribution in [0.5, 0.6) is 0 Å². The predicted molar refractivity (Wildman–Crippen MR) is 46.0 cm³/mol. The van der Waals surface area contributed by atoms with E-state index in [0.717, 1.165) is 0 Å². The zero-order valence-corrected chi connectivity index (χ0v) is 7.79. The van der Waals surface area contributed by atoms with Crippen LogP contribution in [0.4, 0.5) is 0 Å². The fourth-order valence-corrected chi connectivity index (χ4v) is 1.13. The minimum Gasteiger partial charge on any atom is -0.372 e. The largest absolute Gasteiger partial charge is 0.372 e. The lowest BCUT2D eigenvalue weighted by molar-refractivity contribution is -0.130. The van der Waals surface area contributed by atoms with Crippen molar-refractivity contribution in [2.45, 2.75) is 25.5 Å². The van der Waals surface area contributed by atoms with Crippen LogP contribution < -0.4 is 10.6 Å². The molecule has 0 aromatic carbocycles. The molecule has 1 fully saturated rings. The Bertz CT molecular complexity index is 217. The summed E-state index contributed by atoms with van der Waals surface area (Å²) in [5.74, 6) is -0.195. The molecule has 5 heteroatoms. The molecule has 0 aliphatic carbocycles. The molecule has 2 N–H and O–H groups in total. The number of rotatable bonds is 3. The first kappa shape index (κ1) is 9.98. The quantitative estimate of drug-likeness (QED) is 0.595. The summed E-state index contributed by atoms with van der Waals surface area (Å²) in [5, 5.41) is 5.35. The van der Waals surface area contributed by atoms with Crippen LogP contribution in [0.2, 0.25) is 0 Å². The standard InChI is InChI=1S/C8H14N2O3/c1-5(13-2)8(12)10-6-3-7(11)9-4-6/h5-6H,3-4H2,1-2H3,(H,9,11)(H,10,12). The van der Waals surface area contributed by atoms with Crippen molar-refractivity contribution in [3.63, 3.8) is 0 Å². The van der Waals surface area contributed by atoms with Crippen molar-refractivity contribution in [2.24, 2.45) is 0 Å². The topological polar surface area (TPSA) is 67.4 Å². The summed E-state index contributed by atoms with van der Waals surface area (Å²) in [5.41, 5.74) is 0. The Labute approximate surface area is 76.8 Å². The Hall–Kier alpha value is -1.10. The lowest BCUT2D eigenvalue weighted by Gasteiger charge is -2.13. The van der Waals surface area contributed by atoms with Gasteiger partial charge in [0, 0.05) is 20.1 Å². The summed E-state index contributed by atoms with van der Waals surface area (Å²) >= 11 is 0. The molecular weight excluding hydrogens is 172 g/mol. The maximum absolute atomic E-state index is 11.3. The molecule has 13 heavy (non-hydrogen) atoms. The van der Waals surface area contributed by atoms with Crippen LogP contribution in [0.25, 0.3) is 0 Å². The smallest absolute Gasteiger partial charge is 0.249 e. The second kappa shape index (κ2) is 4.23. The SMILES string of the molecule is COC(C)C(=O)NC1CNC(=O)C1. The van der Waals surface area contributed by atoms with Crippen LogP contribution in [0.15, 0.2) is 0 Å². The molecule has 0 spiro atoms. The number of methoxy groups -OCH3 is 1. The maximum Gasteiger partial charge on any atom is 0.249 e. The van der Waals surface area contributed by atoms with Crippen LogP contribution in [-0.2, 0) is 14.3 Å². The Balaban J connectivity index is 2.32. The molecule has 0 bridgehead atoms. The first-order valence-electron chi connectivity index (χ1n) is 4.23. The molecule has 1 heterocycles. The van der Waals surface area contributed by atoms with Gasteiger partial charge in [0.2, 0.25) is 11.8 Å². The molecule has 0 aromatic rings. The molecule has 0 radical (unpaired) electrons. The van der Waals surface area contributed by atoms with E-state index in [-0.39, 0.29) is 17.9 Å². The van der Waals surface area contributed by atoms with Crippen molar-refractivity contribution < 1.29 is 14.3 Å². The highest BCUT2D eigenvalue weighted by Gasteiger charge is 2.24. The normalized spacial score (nSPS) is 23.8. The maximum atomic E-state index is 11.3. The Kier molecular flexibility index (Phi) is 3.25. The second-order valence-corrected chi connectivity index (χ2v) is 3.09. The van der Waals surface area contributed by atoms with Crippen molar-refractivity contribution in [1.29, 1.82) is 0 Å². The number of carbonyl (C=O) groups excluding carboxylic acids is 2. The van der Waals surface area contributed by atoms with Gasteiger partial charge in [-0.3, -0.25) is 9.59 Å². The molecule has 1 saturated heterocycles. The molecule has 1 aliphatic heterocycles. The molecule has 1 aliphatic rings. The summed E-state index contributed by atoms with van der Waals surface area (Å²) < 4.78 is 4.83. The fraction of sp³-hybridized carbons (Fsp3) is 0.750. The first-order valence-corrected chi connectivity index (χ1v) is 4.23. The molecule has 2 atom stereocenters. The van der Waals surface area contributed by atoms with Crippen molar-refractivity contribution in [1.82, 2.24) is 10.6 Å². The van der Waals surface area contributed by atoms with E-state index < -0.39 is 6.10 Å². The molecule has 1 rings (SSSR count). The van der Waals surface area contributed by atoms with Crippen molar-refractivity contribution in [3.8, 4) is 0 Å². The van der Waals surface area contributed by atoms with E-state index >= 15 is 0 Å². The van der Waals surface area contributed by atoms with E-state index in [1.54, 1.807) is 6.92 Å². The minimum atomic E-state index is -0.462. The van der Waals surface area contributed by atoms with Gasteiger partial charge < -0.3 is 15.4 Å². The third-order valence-electron chi connectivity index (χ3n) is 2.05. The summed E-state index contributed by atoms with van der Waals surface area (Å²) in [6.45, 7) is 2.18. The number of hydrogen-bond donors (Lipinski definition) is 2. The van der Waals surface area contributed by atoms with E-state index in [4.69, 9.17) is 4.74 Å². The van der Waals surface area contributed by atoms with Crippen molar-refractivity contribution >= 4 is 11.8 Å². The van der Waals surface area contributed by atoms with Gasteiger partial charge in [-0.25, -0.2) is 0 Å². The number of nitrogens with one attached hydrogen (secondary N) is 2. The Morgan fingerprint density at radius 1 is 1.77 bits per heavy atom. The molecular formula is C8H14N2O3. The van der Waals surface area contributed by atoms with Gasteiger partial charge in [0.15, 0.2) is 0 Å². The third-order valence-corrected chi connectivity index (χ3v) is 2.05. The highest BCUT2D eigenvalue weighted by molar-refractivity contribution is 5.83. The first-order chi connectivity index (χ1) is 6.13. The number of carbonyl (C=O) groups is 2. The van der Waals surface area contributed by atoms with Gasteiger partial charge in [-0.15, -0.1) is 0 Å². The molecule has 5 nitrogen and oxygen atoms in total. The average Bonchev–Trinajstić information content (AvgIpc) is 2.49. The van der Waals surface area contributed by atoms with Crippen molar-refractivity contribution in [3.05, 3.63) is 0 Å². The average molecular weight is 186 g/mol. The zero-order valence-electron chi connectivity index (χ0n) is 7.79. The van der Waals surface area contributed by atoms with Gasteiger partial charge in [0.1, 0.15) is 6.10 Å². The molecule has 0 saturated carbocycles. The van der Waals surface area contributed by atoms with E-state index in [1.165, 1.54) is 7.11 Å². The minimum absolute atomic E-state index is 0.0182. The Morgan fingerprint density at radius 3 is 2.92 bits per heavy atom. The fourth-order valence-electron chi connectivity index (χ4n) is 1.13. The highest BCUT2D eigenvalue weighted by Crippen LogP contribution is 2.00.